The smallest absolute Gasteiger partial charge is 0.105 e. The van der Waals surface area contributed by atoms with Gasteiger partial charge in [0.2, 0.25) is 0 Å². The summed E-state index contributed by atoms with van der Waals surface area (Å²) in [7, 11) is 0. The van der Waals surface area contributed by atoms with E-state index in [4.69, 9.17) is 10.3 Å². The fraction of sp³-hybridized carbons (Fsp3) is 0.231. The molecule has 0 radical (unpaired) electrons. The van der Waals surface area contributed by atoms with E-state index >= 15 is 0 Å². The van der Waals surface area contributed by atoms with Gasteiger partial charge in [-0.15, -0.1) is 0 Å². The molecule has 0 aliphatic carbocycles. The largest absolute Gasteiger partial charge is 0.469 e. The molecule has 3 heteroatoms. The molecule has 0 bridgehead atoms. The number of benzene rings is 1. The van der Waals surface area contributed by atoms with Crippen molar-refractivity contribution >= 4 is 0 Å². The summed E-state index contributed by atoms with van der Waals surface area (Å²) >= 11 is 0. The number of aryl methyl sites for hydroxylation is 1. The van der Waals surface area contributed by atoms with Crippen molar-refractivity contribution in [3.8, 4) is 0 Å². The van der Waals surface area contributed by atoms with Gasteiger partial charge in [0.25, 0.3) is 0 Å². The minimum Gasteiger partial charge on any atom is -0.469 e. The Labute approximate surface area is 95.2 Å². The molecule has 1 aromatic heterocycles. The van der Waals surface area contributed by atoms with E-state index in [0.29, 0.717) is 0 Å². The summed E-state index contributed by atoms with van der Waals surface area (Å²) in [6.45, 7) is 1.95. The molecular formula is C13H16N2O. The molecule has 1 unspecified atom stereocenters. The molecule has 84 valence electrons. The molecule has 0 saturated carbocycles. The number of hydrazine groups is 1. The third kappa shape index (κ3) is 2.32. The monoisotopic (exact) mass is 216 g/mol. The molecule has 2 aromatic rings. The van der Waals surface area contributed by atoms with E-state index in [-0.39, 0.29) is 6.04 Å². The fourth-order valence-corrected chi connectivity index (χ4v) is 1.86. The van der Waals surface area contributed by atoms with Gasteiger partial charge in [-0.2, -0.15) is 0 Å². The molecule has 0 aliphatic heterocycles. The van der Waals surface area contributed by atoms with Gasteiger partial charge in [0.1, 0.15) is 5.76 Å². The molecule has 16 heavy (non-hydrogen) atoms. The Morgan fingerprint density at radius 1 is 1.25 bits per heavy atom. The Morgan fingerprint density at radius 3 is 2.56 bits per heavy atom. The fourth-order valence-electron chi connectivity index (χ4n) is 1.86. The van der Waals surface area contributed by atoms with Gasteiger partial charge < -0.3 is 4.42 Å². The van der Waals surface area contributed by atoms with Crippen LogP contribution >= 0.6 is 0 Å². The van der Waals surface area contributed by atoms with Crippen LogP contribution in [0.2, 0.25) is 0 Å². The number of nitrogens with two attached hydrogens (primary N) is 1. The zero-order valence-corrected chi connectivity index (χ0v) is 9.31. The first kappa shape index (κ1) is 10.9. The Balaban J connectivity index is 2.16. The van der Waals surface area contributed by atoms with Crippen molar-refractivity contribution in [1.29, 1.82) is 0 Å². The Hall–Kier alpha value is -1.58. The molecule has 1 heterocycles. The standard InChI is InChI=1S/C13H16N2O/c1-10-12(7-8-16-10)13(15-14)9-11-5-3-2-4-6-11/h2-8,13,15H,9,14H2,1H3. The molecule has 1 aromatic carbocycles. The number of rotatable bonds is 4. The zero-order valence-electron chi connectivity index (χ0n) is 9.31. The van der Waals surface area contributed by atoms with E-state index in [9.17, 15) is 0 Å². The zero-order chi connectivity index (χ0) is 11.4. The van der Waals surface area contributed by atoms with Gasteiger partial charge in [-0.25, -0.2) is 0 Å². The van der Waals surface area contributed by atoms with Crippen LogP contribution in [0.15, 0.2) is 47.1 Å². The first-order chi connectivity index (χ1) is 7.81. The highest BCUT2D eigenvalue weighted by molar-refractivity contribution is 5.24. The predicted molar refractivity (Wildman–Crippen MR) is 63.7 cm³/mol. The summed E-state index contributed by atoms with van der Waals surface area (Å²) in [5.74, 6) is 6.50. The lowest BCUT2D eigenvalue weighted by molar-refractivity contribution is 0.502. The molecule has 0 amide bonds. The van der Waals surface area contributed by atoms with Gasteiger partial charge >= 0.3 is 0 Å². The predicted octanol–water partition coefficient (Wildman–Crippen LogP) is 2.34. The van der Waals surface area contributed by atoms with Crippen LogP contribution in [0.25, 0.3) is 0 Å². The van der Waals surface area contributed by atoms with Crippen LogP contribution in [0.3, 0.4) is 0 Å². The molecule has 3 N–H and O–H groups in total. The normalized spacial score (nSPS) is 12.6. The Morgan fingerprint density at radius 2 is 2.00 bits per heavy atom. The van der Waals surface area contributed by atoms with Crippen LogP contribution < -0.4 is 11.3 Å². The van der Waals surface area contributed by atoms with Crippen LogP contribution in [-0.4, -0.2) is 0 Å². The van der Waals surface area contributed by atoms with Gasteiger partial charge in [-0.3, -0.25) is 11.3 Å². The van der Waals surface area contributed by atoms with Crippen molar-refractivity contribution in [1.82, 2.24) is 5.43 Å². The highest BCUT2D eigenvalue weighted by Gasteiger charge is 2.14. The van der Waals surface area contributed by atoms with Crippen LogP contribution in [0.1, 0.15) is 22.9 Å². The molecule has 2 rings (SSSR count). The second-order valence-corrected chi connectivity index (χ2v) is 3.84. The Kier molecular flexibility index (Phi) is 3.39. The van der Waals surface area contributed by atoms with Crippen molar-refractivity contribution in [3.05, 3.63) is 59.5 Å². The van der Waals surface area contributed by atoms with Crippen LogP contribution in [0.5, 0.6) is 0 Å². The van der Waals surface area contributed by atoms with Gasteiger partial charge in [0.05, 0.1) is 12.3 Å². The second kappa shape index (κ2) is 4.96. The SMILES string of the molecule is Cc1occc1C(Cc1ccccc1)NN. The van der Waals surface area contributed by atoms with Gasteiger partial charge in [-0.1, -0.05) is 30.3 Å². The summed E-state index contributed by atoms with van der Waals surface area (Å²) in [4.78, 5) is 0. The van der Waals surface area contributed by atoms with Gasteiger partial charge in [0.15, 0.2) is 0 Å². The first-order valence-corrected chi connectivity index (χ1v) is 5.35. The minimum absolute atomic E-state index is 0.0983. The second-order valence-electron chi connectivity index (χ2n) is 3.84. The van der Waals surface area contributed by atoms with Gasteiger partial charge in [-0.05, 0) is 25.0 Å². The van der Waals surface area contributed by atoms with E-state index in [1.54, 1.807) is 6.26 Å². The third-order valence-electron chi connectivity index (χ3n) is 2.76. The molecule has 3 nitrogen and oxygen atoms in total. The highest BCUT2D eigenvalue weighted by atomic mass is 16.3. The molecule has 0 spiro atoms. The van der Waals surface area contributed by atoms with Crippen molar-refractivity contribution < 1.29 is 4.42 Å². The molecule has 0 aliphatic rings. The van der Waals surface area contributed by atoms with E-state index < -0.39 is 0 Å². The average molecular weight is 216 g/mol. The topological polar surface area (TPSA) is 51.2 Å². The number of hydrogen-bond acceptors (Lipinski definition) is 3. The van der Waals surface area contributed by atoms with E-state index in [1.807, 2.05) is 31.2 Å². The number of furan rings is 1. The maximum atomic E-state index is 5.59. The average Bonchev–Trinajstić information content (AvgIpc) is 2.74. The van der Waals surface area contributed by atoms with Crippen LogP contribution in [0.4, 0.5) is 0 Å². The van der Waals surface area contributed by atoms with E-state index in [2.05, 4.69) is 17.6 Å². The highest BCUT2D eigenvalue weighted by Crippen LogP contribution is 2.21. The molecule has 1 atom stereocenters. The quantitative estimate of drug-likeness (QED) is 0.609. The van der Waals surface area contributed by atoms with Gasteiger partial charge in [0, 0.05) is 5.56 Å². The Bertz CT molecular complexity index is 436. The third-order valence-corrected chi connectivity index (χ3v) is 2.76. The van der Waals surface area contributed by atoms with E-state index in [0.717, 1.165) is 17.7 Å². The van der Waals surface area contributed by atoms with Crippen molar-refractivity contribution in [2.75, 3.05) is 0 Å². The maximum absolute atomic E-state index is 5.59. The van der Waals surface area contributed by atoms with Crippen molar-refractivity contribution in [2.24, 2.45) is 5.84 Å². The van der Waals surface area contributed by atoms with Crippen LogP contribution in [-0.2, 0) is 6.42 Å². The summed E-state index contributed by atoms with van der Waals surface area (Å²) in [6.07, 6.45) is 2.55. The molecular weight excluding hydrogens is 200 g/mol. The molecule has 0 fully saturated rings. The maximum Gasteiger partial charge on any atom is 0.105 e. The summed E-state index contributed by atoms with van der Waals surface area (Å²) in [5.41, 5.74) is 5.21. The lowest BCUT2D eigenvalue weighted by Gasteiger charge is -2.15. The van der Waals surface area contributed by atoms with Crippen molar-refractivity contribution in [3.63, 3.8) is 0 Å². The first-order valence-electron chi connectivity index (χ1n) is 5.35. The summed E-state index contributed by atoms with van der Waals surface area (Å²) < 4.78 is 5.29. The minimum atomic E-state index is 0.0983. The molecule has 0 saturated heterocycles. The lowest BCUT2D eigenvalue weighted by atomic mass is 10.00. The van der Waals surface area contributed by atoms with Crippen LogP contribution in [0, 0.1) is 6.92 Å². The number of hydrogen-bond donors (Lipinski definition) is 2. The van der Waals surface area contributed by atoms with Crippen molar-refractivity contribution in [2.45, 2.75) is 19.4 Å². The summed E-state index contributed by atoms with van der Waals surface area (Å²) in [5, 5.41) is 0. The summed E-state index contributed by atoms with van der Waals surface area (Å²) in [6, 6.07) is 12.3. The number of nitrogens with one attached hydrogen (secondary N) is 1. The van der Waals surface area contributed by atoms with E-state index in [1.165, 1.54) is 5.56 Å². The lowest BCUT2D eigenvalue weighted by Crippen LogP contribution is -2.29.